The maximum atomic E-state index is 12.2. The molecule has 10 heteroatoms. The highest BCUT2D eigenvalue weighted by Gasteiger charge is 2.13. The van der Waals surface area contributed by atoms with Crippen molar-refractivity contribution >= 4 is 34.0 Å². The van der Waals surface area contributed by atoms with Crippen molar-refractivity contribution in [2.24, 2.45) is 0 Å². The molecule has 0 bridgehead atoms. The van der Waals surface area contributed by atoms with Gasteiger partial charge in [0.15, 0.2) is 0 Å². The van der Waals surface area contributed by atoms with Crippen LogP contribution in [0.5, 0.6) is 0 Å². The summed E-state index contributed by atoms with van der Waals surface area (Å²) in [6.45, 7) is 5.61. The number of carbonyl (C=O) groups is 2. The summed E-state index contributed by atoms with van der Waals surface area (Å²) in [6.07, 6.45) is 0.389. The lowest BCUT2D eigenvalue weighted by Crippen LogP contribution is -2.11. The molecule has 0 saturated carbocycles. The van der Waals surface area contributed by atoms with E-state index in [0.29, 0.717) is 41.7 Å². The molecule has 10 nitrogen and oxygen atoms in total. The first-order chi connectivity index (χ1) is 15.1. The summed E-state index contributed by atoms with van der Waals surface area (Å²) in [4.78, 5) is 24.5. The number of nitrogens with zero attached hydrogens (tertiary/aromatic N) is 6. The minimum Gasteiger partial charge on any atom is -0.462 e. The molecule has 2 heterocycles. The van der Waals surface area contributed by atoms with Crippen LogP contribution in [0.15, 0.2) is 36.4 Å². The van der Waals surface area contributed by atoms with Crippen LogP contribution in [0, 0.1) is 0 Å². The number of fused-ring (bicyclic) bond motifs is 2. The molecular weight excluding hydrogens is 400 g/mol. The highest BCUT2D eigenvalue weighted by molar-refractivity contribution is 5.94. The highest BCUT2D eigenvalue weighted by Crippen LogP contribution is 2.15. The Morgan fingerprint density at radius 2 is 1.23 bits per heavy atom. The van der Waals surface area contributed by atoms with Crippen molar-refractivity contribution < 1.29 is 19.1 Å². The van der Waals surface area contributed by atoms with Crippen LogP contribution >= 0.6 is 0 Å². The Hall–Kier alpha value is -3.82. The van der Waals surface area contributed by atoms with Crippen LogP contribution in [-0.2, 0) is 22.6 Å². The zero-order valence-electron chi connectivity index (χ0n) is 17.3. The summed E-state index contributed by atoms with van der Waals surface area (Å²) >= 11 is 0. The van der Waals surface area contributed by atoms with E-state index in [4.69, 9.17) is 9.47 Å². The van der Waals surface area contributed by atoms with Crippen molar-refractivity contribution in [2.75, 3.05) is 13.2 Å². The molecule has 0 atom stereocenters. The van der Waals surface area contributed by atoms with Crippen molar-refractivity contribution in [3.05, 3.63) is 47.5 Å². The van der Waals surface area contributed by atoms with Crippen molar-refractivity contribution in [2.45, 2.75) is 33.4 Å². The Balaban J connectivity index is 1.25. The van der Waals surface area contributed by atoms with Gasteiger partial charge in [0, 0.05) is 19.5 Å². The van der Waals surface area contributed by atoms with Crippen molar-refractivity contribution in [1.29, 1.82) is 0 Å². The van der Waals surface area contributed by atoms with Crippen LogP contribution in [0.2, 0.25) is 0 Å². The molecule has 0 amide bonds. The fourth-order valence-electron chi connectivity index (χ4n) is 3.22. The molecule has 31 heavy (non-hydrogen) atoms. The molecule has 2 aromatic carbocycles. The number of carbonyl (C=O) groups excluding carboxylic acids is 2. The van der Waals surface area contributed by atoms with Gasteiger partial charge in [0.2, 0.25) is 0 Å². The molecule has 0 radical (unpaired) electrons. The molecule has 0 aliphatic rings. The zero-order chi connectivity index (χ0) is 21.8. The Bertz CT molecular complexity index is 1150. The maximum Gasteiger partial charge on any atom is 0.338 e. The van der Waals surface area contributed by atoms with E-state index in [2.05, 4.69) is 20.6 Å². The van der Waals surface area contributed by atoms with Crippen LogP contribution < -0.4 is 0 Å². The van der Waals surface area contributed by atoms with Gasteiger partial charge in [-0.15, -0.1) is 10.2 Å². The van der Waals surface area contributed by atoms with E-state index in [1.807, 2.05) is 13.8 Å². The smallest absolute Gasteiger partial charge is 0.338 e. The van der Waals surface area contributed by atoms with E-state index in [0.717, 1.165) is 11.0 Å². The topological polar surface area (TPSA) is 114 Å². The fourth-order valence-corrected chi connectivity index (χ4v) is 3.22. The minimum absolute atomic E-state index is 0.135. The highest BCUT2D eigenvalue weighted by atomic mass is 16.5. The number of esters is 2. The molecule has 0 spiro atoms. The van der Waals surface area contributed by atoms with E-state index >= 15 is 0 Å². The molecule has 160 valence electrons. The summed E-state index contributed by atoms with van der Waals surface area (Å²) in [6, 6.07) is 10.3. The van der Waals surface area contributed by atoms with Crippen LogP contribution in [0.1, 0.15) is 41.0 Å². The van der Waals surface area contributed by atoms with Gasteiger partial charge in [-0.05, 0) is 50.2 Å². The van der Waals surface area contributed by atoms with Crippen molar-refractivity contribution in [3.8, 4) is 0 Å². The molecule has 0 N–H and O–H groups in total. The number of hydrogen-bond acceptors (Lipinski definition) is 8. The van der Waals surface area contributed by atoms with Gasteiger partial charge >= 0.3 is 11.9 Å². The van der Waals surface area contributed by atoms with Gasteiger partial charge < -0.3 is 9.47 Å². The fraction of sp³-hybridized carbons (Fsp3) is 0.333. The van der Waals surface area contributed by atoms with Gasteiger partial charge in [-0.2, -0.15) is 0 Å². The van der Waals surface area contributed by atoms with Crippen molar-refractivity contribution in [1.82, 2.24) is 30.0 Å². The number of hydrogen-bond donors (Lipinski definition) is 0. The average molecular weight is 422 g/mol. The molecule has 0 saturated heterocycles. The third-order valence-electron chi connectivity index (χ3n) is 4.85. The second-order valence-corrected chi connectivity index (χ2v) is 6.84. The average Bonchev–Trinajstić information content (AvgIpc) is 3.40. The minimum atomic E-state index is -0.455. The van der Waals surface area contributed by atoms with E-state index in [-0.39, 0.29) is 13.2 Å². The summed E-state index contributed by atoms with van der Waals surface area (Å²) < 4.78 is 14.0. The van der Waals surface area contributed by atoms with E-state index < -0.39 is 11.9 Å². The predicted octanol–water partition coefficient (Wildman–Crippen LogP) is 2.62. The SMILES string of the molecule is CCn1nnc2cc(C(=O)OCCCOC(=O)c3ccc4c(c3)nnn4CC)ccc21. The van der Waals surface area contributed by atoms with Crippen LogP contribution in [0.4, 0.5) is 0 Å². The summed E-state index contributed by atoms with van der Waals surface area (Å²) in [5.41, 5.74) is 3.81. The molecule has 0 aliphatic heterocycles. The standard InChI is InChI=1S/C21H22N6O4/c1-3-26-18-8-6-14(12-16(18)22-24-26)20(28)30-10-5-11-31-21(29)15-7-9-19-17(13-15)23-25-27(19)4-2/h6-9,12-13H,3-5,10-11H2,1-2H3. The molecule has 0 aliphatic carbocycles. The predicted molar refractivity (Wildman–Crippen MR) is 112 cm³/mol. The molecule has 0 fully saturated rings. The first-order valence-electron chi connectivity index (χ1n) is 10.1. The second kappa shape index (κ2) is 8.90. The quantitative estimate of drug-likeness (QED) is 0.314. The summed E-state index contributed by atoms with van der Waals surface area (Å²) in [5.74, 6) is -0.910. The third-order valence-corrected chi connectivity index (χ3v) is 4.85. The molecule has 4 rings (SSSR count). The van der Waals surface area contributed by atoms with Gasteiger partial charge in [0.05, 0.1) is 35.4 Å². The second-order valence-electron chi connectivity index (χ2n) is 6.84. The van der Waals surface area contributed by atoms with Crippen LogP contribution in [0.25, 0.3) is 22.1 Å². The van der Waals surface area contributed by atoms with Crippen molar-refractivity contribution in [3.63, 3.8) is 0 Å². The third kappa shape index (κ3) is 4.23. The first-order valence-corrected chi connectivity index (χ1v) is 10.1. The molecule has 2 aromatic heterocycles. The lowest BCUT2D eigenvalue weighted by atomic mass is 10.2. The number of aryl methyl sites for hydroxylation is 2. The van der Waals surface area contributed by atoms with Gasteiger partial charge in [0.25, 0.3) is 0 Å². The summed E-state index contributed by atoms with van der Waals surface area (Å²) in [5, 5.41) is 16.2. The van der Waals surface area contributed by atoms with Crippen LogP contribution in [-0.4, -0.2) is 55.1 Å². The number of ether oxygens (including phenoxy) is 2. The van der Waals surface area contributed by atoms with Gasteiger partial charge in [-0.1, -0.05) is 10.4 Å². The molecule has 0 unspecified atom stereocenters. The zero-order valence-corrected chi connectivity index (χ0v) is 17.3. The Morgan fingerprint density at radius 3 is 1.65 bits per heavy atom. The van der Waals surface area contributed by atoms with Gasteiger partial charge in [-0.25, -0.2) is 19.0 Å². The largest absolute Gasteiger partial charge is 0.462 e. The van der Waals surface area contributed by atoms with E-state index in [9.17, 15) is 9.59 Å². The summed E-state index contributed by atoms with van der Waals surface area (Å²) in [7, 11) is 0. The number of rotatable bonds is 8. The van der Waals surface area contributed by atoms with Crippen LogP contribution in [0.3, 0.4) is 0 Å². The monoisotopic (exact) mass is 422 g/mol. The maximum absolute atomic E-state index is 12.2. The Kier molecular flexibility index (Phi) is 5.87. The molecular formula is C21H22N6O4. The van der Waals surface area contributed by atoms with Gasteiger partial charge in [0.1, 0.15) is 11.0 Å². The lowest BCUT2D eigenvalue weighted by Gasteiger charge is -2.07. The molecule has 4 aromatic rings. The number of benzene rings is 2. The Morgan fingerprint density at radius 1 is 0.774 bits per heavy atom. The van der Waals surface area contributed by atoms with E-state index in [1.165, 1.54) is 0 Å². The Labute approximate surface area is 177 Å². The first kappa shape index (κ1) is 20.5. The normalized spacial score (nSPS) is 11.2. The lowest BCUT2D eigenvalue weighted by molar-refractivity contribution is 0.0396. The van der Waals surface area contributed by atoms with Gasteiger partial charge in [-0.3, -0.25) is 0 Å². The number of aromatic nitrogens is 6. The van der Waals surface area contributed by atoms with E-state index in [1.54, 1.807) is 45.8 Å².